The maximum Gasteiger partial charge on any atom is 0.227 e. The number of rotatable bonds is 4. The molecule has 1 aliphatic heterocycles. The van der Waals surface area contributed by atoms with Crippen molar-refractivity contribution in [3.05, 3.63) is 22.4 Å². The van der Waals surface area contributed by atoms with Crippen LogP contribution < -0.4 is 0 Å². The van der Waals surface area contributed by atoms with Gasteiger partial charge in [0.05, 0.1) is 6.42 Å². The number of carbonyl (C=O) groups is 1. The molecule has 2 rings (SSSR count). The fraction of sp³-hybridized carbons (Fsp3) is 0.583. The average Bonchev–Trinajstić information content (AvgIpc) is 2.83. The molecule has 0 radical (unpaired) electrons. The Kier molecular flexibility index (Phi) is 5.00. The highest BCUT2D eigenvalue weighted by Gasteiger charge is 2.20. The van der Waals surface area contributed by atoms with Crippen LogP contribution in [-0.4, -0.2) is 53.8 Å². The van der Waals surface area contributed by atoms with E-state index < -0.39 is 0 Å². The number of halogens is 1. The van der Waals surface area contributed by atoms with E-state index in [0.29, 0.717) is 6.42 Å². The number of piperazine rings is 1. The summed E-state index contributed by atoms with van der Waals surface area (Å²) in [5.74, 6) is 0.269. The number of hydrogen-bond donors (Lipinski definition) is 0. The molecule has 0 saturated carbocycles. The highest BCUT2D eigenvalue weighted by Crippen LogP contribution is 2.12. The summed E-state index contributed by atoms with van der Waals surface area (Å²) in [6.45, 7) is 4.82. The fourth-order valence-corrected chi connectivity index (χ4v) is 3.21. The molecule has 94 valence electrons. The molecule has 17 heavy (non-hydrogen) atoms. The third-order valence-electron chi connectivity index (χ3n) is 3.03. The molecule has 0 N–H and O–H groups in total. The van der Waals surface area contributed by atoms with Gasteiger partial charge in [0.15, 0.2) is 0 Å². The van der Waals surface area contributed by atoms with Crippen LogP contribution in [0.5, 0.6) is 0 Å². The van der Waals surface area contributed by atoms with E-state index in [-0.39, 0.29) is 5.91 Å². The summed E-state index contributed by atoms with van der Waals surface area (Å²) in [6.07, 6.45) is 0.566. The number of nitrogens with zero attached hydrogens (tertiary/aromatic N) is 2. The quantitative estimate of drug-likeness (QED) is 0.791. The van der Waals surface area contributed by atoms with Gasteiger partial charge in [-0.25, -0.2) is 0 Å². The maximum absolute atomic E-state index is 12.0. The van der Waals surface area contributed by atoms with Crippen LogP contribution in [0.3, 0.4) is 0 Å². The first-order valence-corrected chi connectivity index (χ1v) is 7.88. The van der Waals surface area contributed by atoms with Crippen molar-refractivity contribution in [2.24, 2.45) is 0 Å². The smallest absolute Gasteiger partial charge is 0.227 e. The third-order valence-corrected chi connectivity index (χ3v) is 4.26. The molecule has 2 heterocycles. The van der Waals surface area contributed by atoms with Gasteiger partial charge in [-0.05, 0) is 11.4 Å². The summed E-state index contributed by atoms with van der Waals surface area (Å²) in [5, 5.41) is 3.03. The molecule has 1 fully saturated rings. The lowest BCUT2D eigenvalue weighted by atomic mass is 10.2. The topological polar surface area (TPSA) is 23.6 Å². The van der Waals surface area contributed by atoms with Crippen LogP contribution in [0.2, 0.25) is 0 Å². The van der Waals surface area contributed by atoms with Gasteiger partial charge in [0, 0.05) is 42.9 Å². The number of amides is 1. The lowest BCUT2D eigenvalue weighted by molar-refractivity contribution is -0.132. The third kappa shape index (κ3) is 3.79. The summed E-state index contributed by atoms with van der Waals surface area (Å²) in [6, 6.07) is 4.03. The predicted octanol–water partition coefficient (Wildman–Crippen LogP) is 1.83. The molecule has 1 amide bonds. The Morgan fingerprint density at radius 3 is 2.71 bits per heavy atom. The summed E-state index contributed by atoms with van der Waals surface area (Å²) in [5.41, 5.74) is 0. The minimum Gasteiger partial charge on any atom is -0.340 e. The second kappa shape index (κ2) is 6.52. The fourth-order valence-electron chi connectivity index (χ4n) is 2.01. The standard InChI is InChI=1S/C12H17BrN2OS/c13-3-4-14-5-7-15(8-6-14)12(16)10-11-2-1-9-17-11/h1-2,9H,3-8,10H2. The Balaban J connectivity index is 1.78. The first-order valence-electron chi connectivity index (χ1n) is 5.88. The van der Waals surface area contributed by atoms with E-state index >= 15 is 0 Å². The monoisotopic (exact) mass is 316 g/mol. The Morgan fingerprint density at radius 2 is 2.12 bits per heavy atom. The summed E-state index contributed by atoms with van der Waals surface area (Å²) < 4.78 is 0. The van der Waals surface area contributed by atoms with Gasteiger partial charge in [0.2, 0.25) is 5.91 Å². The SMILES string of the molecule is O=C(Cc1cccs1)N1CCN(CCBr)CC1. The highest BCUT2D eigenvalue weighted by molar-refractivity contribution is 9.09. The lowest BCUT2D eigenvalue weighted by Crippen LogP contribution is -2.49. The van der Waals surface area contributed by atoms with E-state index in [1.807, 2.05) is 22.4 Å². The van der Waals surface area contributed by atoms with Gasteiger partial charge >= 0.3 is 0 Å². The summed E-state index contributed by atoms with van der Waals surface area (Å²) in [7, 11) is 0. The Morgan fingerprint density at radius 1 is 1.35 bits per heavy atom. The van der Waals surface area contributed by atoms with Crippen molar-refractivity contribution in [3.63, 3.8) is 0 Å². The molecule has 0 spiro atoms. The molecular weight excluding hydrogens is 300 g/mol. The minimum atomic E-state index is 0.269. The number of hydrogen-bond acceptors (Lipinski definition) is 3. The highest BCUT2D eigenvalue weighted by atomic mass is 79.9. The first-order chi connectivity index (χ1) is 8.29. The molecule has 0 bridgehead atoms. The van der Waals surface area contributed by atoms with Gasteiger partial charge in [0.25, 0.3) is 0 Å². The van der Waals surface area contributed by atoms with Crippen LogP contribution in [0, 0.1) is 0 Å². The number of carbonyl (C=O) groups excluding carboxylic acids is 1. The molecule has 3 nitrogen and oxygen atoms in total. The van der Waals surface area contributed by atoms with Gasteiger partial charge in [-0.1, -0.05) is 22.0 Å². The van der Waals surface area contributed by atoms with Gasteiger partial charge in [-0.3, -0.25) is 9.69 Å². The average molecular weight is 317 g/mol. The summed E-state index contributed by atoms with van der Waals surface area (Å²) >= 11 is 5.11. The van der Waals surface area contributed by atoms with Crippen molar-refractivity contribution >= 4 is 33.2 Å². The van der Waals surface area contributed by atoms with E-state index in [2.05, 4.69) is 20.8 Å². The molecule has 0 aliphatic carbocycles. The van der Waals surface area contributed by atoms with Crippen molar-refractivity contribution in [1.29, 1.82) is 0 Å². The minimum absolute atomic E-state index is 0.269. The Hall–Kier alpha value is -0.390. The zero-order chi connectivity index (χ0) is 12.1. The largest absolute Gasteiger partial charge is 0.340 e. The predicted molar refractivity (Wildman–Crippen MR) is 74.8 cm³/mol. The molecule has 1 saturated heterocycles. The molecule has 0 atom stereocenters. The zero-order valence-electron chi connectivity index (χ0n) is 9.77. The van der Waals surface area contributed by atoms with E-state index in [1.165, 1.54) is 0 Å². The Bertz CT molecular complexity index is 347. The van der Waals surface area contributed by atoms with E-state index in [4.69, 9.17) is 0 Å². The molecule has 5 heteroatoms. The van der Waals surface area contributed by atoms with Crippen LogP contribution in [-0.2, 0) is 11.2 Å². The maximum atomic E-state index is 12.0. The molecule has 0 unspecified atom stereocenters. The molecule has 1 aromatic rings. The van der Waals surface area contributed by atoms with Crippen molar-refractivity contribution in [2.75, 3.05) is 38.1 Å². The number of alkyl halides is 1. The van der Waals surface area contributed by atoms with Gasteiger partial charge in [-0.15, -0.1) is 11.3 Å². The van der Waals surface area contributed by atoms with Crippen LogP contribution in [0.1, 0.15) is 4.88 Å². The zero-order valence-corrected chi connectivity index (χ0v) is 12.2. The molecule has 1 aliphatic rings. The number of thiophene rings is 1. The lowest BCUT2D eigenvalue weighted by Gasteiger charge is -2.34. The van der Waals surface area contributed by atoms with Crippen LogP contribution in [0.4, 0.5) is 0 Å². The van der Waals surface area contributed by atoms with E-state index in [9.17, 15) is 4.79 Å². The van der Waals surface area contributed by atoms with Gasteiger partial charge < -0.3 is 4.90 Å². The van der Waals surface area contributed by atoms with E-state index in [0.717, 1.165) is 42.9 Å². The van der Waals surface area contributed by atoms with Crippen molar-refractivity contribution < 1.29 is 4.79 Å². The van der Waals surface area contributed by atoms with Crippen molar-refractivity contribution in [3.8, 4) is 0 Å². The second-order valence-corrected chi connectivity index (χ2v) is 5.99. The van der Waals surface area contributed by atoms with Crippen molar-refractivity contribution in [1.82, 2.24) is 9.80 Å². The van der Waals surface area contributed by atoms with Crippen LogP contribution in [0.25, 0.3) is 0 Å². The molecular formula is C12H17BrN2OS. The normalized spacial score (nSPS) is 17.4. The van der Waals surface area contributed by atoms with E-state index in [1.54, 1.807) is 11.3 Å². The first kappa shape index (κ1) is 13.1. The van der Waals surface area contributed by atoms with Gasteiger partial charge in [0.1, 0.15) is 0 Å². The Labute approximate surface area is 115 Å². The molecule has 0 aromatic carbocycles. The van der Waals surface area contributed by atoms with Crippen LogP contribution in [0.15, 0.2) is 17.5 Å². The van der Waals surface area contributed by atoms with Crippen molar-refractivity contribution in [2.45, 2.75) is 6.42 Å². The van der Waals surface area contributed by atoms with Gasteiger partial charge in [-0.2, -0.15) is 0 Å². The van der Waals surface area contributed by atoms with Crippen LogP contribution >= 0.6 is 27.3 Å². The second-order valence-electron chi connectivity index (χ2n) is 4.17. The molecule has 1 aromatic heterocycles. The summed E-state index contributed by atoms with van der Waals surface area (Å²) in [4.78, 5) is 17.6.